The number of aromatic nitrogens is 2. The molecule has 8 nitrogen and oxygen atoms in total. The third-order valence-electron chi connectivity index (χ3n) is 4.93. The molecule has 2 fully saturated rings. The Balaban J connectivity index is 1.63. The monoisotopic (exact) mass is 334 g/mol. The van der Waals surface area contributed by atoms with Crippen molar-refractivity contribution in [2.75, 3.05) is 20.1 Å². The van der Waals surface area contributed by atoms with Gasteiger partial charge in [0.15, 0.2) is 0 Å². The number of carbonyl (C=O) groups is 2. The summed E-state index contributed by atoms with van der Waals surface area (Å²) in [6, 6.07) is 0.352. The molecule has 1 aliphatic heterocycles. The molecule has 1 aromatic rings. The van der Waals surface area contributed by atoms with Gasteiger partial charge in [0.2, 0.25) is 5.91 Å². The number of hydrogen-bond donors (Lipinski definition) is 2. The summed E-state index contributed by atoms with van der Waals surface area (Å²) in [7, 11) is 1.61. The first-order chi connectivity index (χ1) is 11.5. The van der Waals surface area contributed by atoms with Crippen molar-refractivity contribution in [3.05, 3.63) is 32.6 Å². The molecule has 1 aromatic heterocycles. The zero-order valence-electron chi connectivity index (χ0n) is 13.7. The van der Waals surface area contributed by atoms with Crippen LogP contribution in [0.4, 0.5) is 0 Å². The molecule has 0 aromatic carbocycles. The van der Waals surface area contributed by atoms with Crippen LogP contribution in [0.1, 0.15) is 42.5 Å². The number of amides is 2. The van der Waals surface area contributed by atoms with Crippen molar-refractivity contribution in [3.8, 4) is 0 Å². The first kappa shape index (κ1) is 16.5. The van der Waals surface area contributed by atoms with Gasteiger partial charge in [0, 0.05) is 44.7 Å². The van der Waals surface area contributed by atoms with Crippen molar-refractivity contribution in [2.24, 2.45) is 5.92 Å². The molecule has 1 atom stereocenters. The quantitative estimate of drug-likeness (QED) is 0.803. The van der Waals surface area contributed by atoms with Crippen LogP contribution in [0.15, 0.2) is 15.8 Å². The second-order valence-electron chi connectivity index (χ2n) is 6.73. The highest BCUT2D eigenvalue weighted by molar-refractivity contribution is 5.93. The number of likely N-dealkylation sites (tertiary alicyclic amines) is 1. The van der Waals surface area contributed by atoms with Gasteiger partial charge in [0.05, 0.1) is 0 Å². The van der Waals surface area contributed by atoms with Gasteiger partial charge in [-0.25, -0.2) is 4.79 Å². The van der Waals surface area contributed by atoms with E-state index in [0.29, 0.717) is 25.6 Å². The van der Waals surface area contributed by atoms with E-state index in [1.54, 1.807) is 7.05 Å². The summed E-state index contributed by atoms with van der Waals surface area (Å²) in [5, 5.41) is 0. The van der Waals surface area contributed by atoms with Crippen molar-refractivity contribution < 1.29 is 9.59 Å². The molecule has 8 heteroatoms. The first-order valence-electron chi connectivity index (χ1n) is 8.32. The summed E-state index contributed by atoms with van der Waals surface area (Å²) >= 11 is 0. The SMILES string of the molecule is CN(CC1CC(=O)N(C2CCCC2)C1)C(=O)c1c[nH]c(=O)[nH]c1=O. The summed E-state index contributed by atoms with van der Waals surface area (Å²) in [6.45, 7) is 1.08. The zero-order chi connectivity index (χ0) is 17.3. The van der Waals surface area contributed by atoms with E-state index in [0.717, 1.165) is 19.0 Å². The lowest BCUT2D eigenvalue weighted by molar-refractivity contribution is -0.129. The van der Waals surface area contributed by atoms with Gasteiger partial charge in [0.1, 0.15) is 5.56 Å². The van der Waals surface area contributed by atoms with Gasteiger partial charge in [-0.05, 0) is 12.8 Å². The second-order valence-corrected chi connectivity index (χ2v) is 6.73. The molecule has 1 unspecified atom stereocenters. The summed E-state index contributed by atoms with van der Waals surface area (Å²) in [4.78, 5) is 55.1. The van der Waals surface area contributed by atoms with E-state index in [2.05, 4.69) is 4.98 Å². The molecule has 24 heavy (non-hydrogen) atoms. The molecule has 130 valence electrons. The Morgan fingerprint density at radius 3 is 2.67 bits per heavy atom. The highest BCUT2D eigenvalue weighted by Gasteiger charge is 2.36. The molecular formula is C16H22N4O4. The number of nitrogens with one attached hydrogen (secondary N) is 2. The summed E-state index contributed by atoms with van der Waals surface area (Å²) < 4.78 is 0. The maximum absolute atomic E-state index is 12.4. The average Bonchev–Trinajstić information content (AvgIpc) is 3.16. The molecule has 2 amide bonds. The van der Waals surface area contributed by atoms with E-state index < -0.39 is 17.2 Å². The van der Waals surface area contributed by atoms with Gasteiger partial charge >= 0.3 is 5.69 Å². The van der Waals surface area contributed by atoms with Crippen LogP contribution in [0, 0.1) is 5.92 Å². The highest BCUT2D eigenvalue weighted by Crippen LogP contribution is 2.29. The summed E-state index contributed by atoms with van der Waals surface area (Å²) in [5.41, 5.74) is -1.45. The van der Waals surface area contributed by atoms with Crippen molar-refractivity contribution >= 4 is 11.8 Å². The van der Waals surface area contributed by atoms with Gasteiger partial charge in [0.25, 0.3) is 11.5 Å². The van der Waals surface area contributed by atoms with Gasteiger partial charge < -0.3 is 14.8 Å². The average molecular weight is 334 g/mol. The maximum Gasteiger partial charge on any atom is 0.325 e. The predicted molar refractivity (Wildman–Crippen MR) is 86.7 cm³/mol. The Labute approximate surface area is 138 Å². The van der Waals surface area contributed by atoms with E-state index in [9.17, 15) is 19.2 Å². The number of nitrogens with zero attached hydrogens (tertiary/aromatic N) is 2. The van der Waals surface area contributed by atoms with Crippen molar-refractivity contribution in [1.29, 1.82) is 0 Å². The lowest BCUT2D eigenvalue weighted by Crippen LogP contribution is -2.38. The van der Waals surface area contributed by atoms with Crippen LogP contribution < -0.4 is 11.2 Å². The van der Waals surface area contributed by atoms with Crippen molar-refractivity contribution in [1.82, 2.24) is 19.8 Å². The standard InChI is InChI=1S/C16H22N4O4/c1-19(15(23)12-7-17-16(24)18-14(12)22)8-10-6-13(21)20(9-10)11-4-2-3-5-11/h7,10-11H,2-6,8-9H2,1H3,(H2,17,18,22,24). The topological polar surface area (TPSA) is 106 Å². The molecular weight excluding hydrogens is 312 g/mol. The lowest BCUT2D eigenvalue weighted by Gasteiger charge is -2.25. The molecule has 1 saturated heterocycles. The fourth-order valence-electron chi connectivity index (χ4n) is 3.74. The lowest BCUT2D eigenvalue weighted by atomic mass is 10.1. The molecule has 3 rings (SSSR count). The van der Waals surface area contributed by atoms with Crippen LogP contribution >= 0.6 is 0 Å². The van der Waals surface area contributed by atoms with Crippen molar-refractivity contribution in [2.45, 2.75) is 38.1 Å². The number of aromatic amines is 2. The minimum absolute atomic E-state index is 0.0777. The van der Waals surface area contributed by atoms with E-state index in [1.165, 1.54) is 17.7 Å². The fourth-order valence-corrected chi connectivity index (χ4v) is 3.74. The van der Waals surface area contributed by atoms with Crippen LogP contribution in [-0.2, 0) is 4.79 Å². The summed E-state index contributed by atoms with van der Waals surface area (Å²) in [5.74, 6) is -0.220. The van der Waals surface area contributed by atoms with Crippen LogP contribution in [0.3, 0.4) is 0 Å². The first-order valence-corrected chi connectivity index (χ1v) is 8.32. The number of carbonyl (C=O) groups excluding carboxylic acids is 2. The molecule has 0 spiro atoms. The predicted octanol–water partition coefficient (Wildman–Crippen LogP) is -0.0737. The third-order valence-corrected chi connectivity index (χ3v) is 4.93. The number of H-pyrrole nitrogens is 2. The van der Waals surface area contributed by atoms with E-state index in [-0.39, 0.29) is 17.4 Å². The highest BCUT2D eigenvalue weighted by atomic mass is 16.2. The molecule has 0 bridgehead atoms. The minimum Gasteiger partial charge on any atom is -0.341 e. The van der Waals surface area contributed by atoms with Gasteiger partial charge in [-0.1, -0.05) is 12.8 Å². The van der Waals surface area contributed by atoms with Crippen LogP contribution in [0.5, 0.6) is 0 Å². The third kappa shape index (κ3) is 3.27. The number of rotatable bonds is 4. The Bertz CT molecular complexity index is 747. The normalized spacial score (nSPS) is 21.5. The molecule has 2 heterocycles. The Morgan fingerprint density at radius 2 is 2.00 bits per heavy atom. The van der Waals surface area contributed by atoms with Gasteiger partial charge in [-0.15, -0.1) is 0 Å². The van der Waals surface area contributed by atoms with Crippen LogP contribution in [-0.4, -0.2) is 57.8 Å². The van der Waals surface area contributed by atoms with E-state index in [4.69, 9.17) is 0 Å². The largest absolute Gasteiger partial charge is 0.341 e. The minimum atomic E-state index is -0.703. The summed E-state index contributed by atoms with van der Waals surface area (Å²) in [6.07, 6.45) is 6.06. The van der Waals surface area contributed by atoms with Crippen molar-refractivity contribution in [3.63, 3.8) is 0 Å². The Kier molecular flexibility index (Phi) is 4.55. The second kappa shape index (κ2) is 6.62. The van der Waals surface area contributed by atoms with Gasteiger partial charge in [-0.3, -0.25) is 19.4 Å². The van der Waals surface area contributed by atoms with Crippen LogP contribution in [0.25, 0.3) is 0 Å². The molecule has 1 aliphatic carbocycles. The molecule has 2 N–H and O–H groups in total. The molecule has 0 radical (unpaired) electrons. The Morgan fingerprint density at radius 1 is 1.29 bits per heavy atom. The van der Waals surface area contributed by atoms with Gasteiger partial charge in [-0.2, -0.15) is 0 Å². The number of hydrogen-bond acceptors (Lipinski definition) is 4. The molecule has 1 saturated carbocycles. The maximum atomic E-state index is 12.4. The van der Waals surface area contributed by atoms with E-state index >= 15 is 0 Å². The van der Waals surface area contributed by atoms with Crippen LogP contribution in [0.2, 0.25) is 0 Å². The van der Waals surface area contributed by atoms with E-state index in [1.807, 2.05) is 9.88 Å². The Hall–Kier alpha value is -2.38. The smallest absolute Gasteiger partial charge is 0.325 e. The zero-order valence-corrected chi connectivity index (χ0v) is 13.7. The fraction of sp³-hybridized carbons (Fsp3) is 0.625. The molecule has 2 aliphatic rings.